The number of anilines is 3. The van der Waals surface area contributed by atoms with Crippen molar-refractivity contribution in [3.8, 4) is 10.6 Å². The third kappa shape index (κ3) is 6.52. The smallest absolute Gasteiger partial charge is 0.383 e. The van der Waals surface area contributed by atoms with Gasteiger partial charge in [-0.1, -0.05) is 0 Å². The highest BCUT2D eigenvalue weighted by Crippen LogP contribution is 2.46. The number of hydrogen-bond acceptors (Lipinski definition) is 11. The van der Waals surface area contributed by atoms with Crippen LogP contribution in [0, 0.1) is 0 Å². The van der Waals surface area contributed by atoms with E-state index < -0.39 is 33.2 Å². The van der Waals surface area contributed by atoms with Crippen LogP contribution in [-0.4, -0.2) is 112 Å². The molecular weight excluding hydrogens is 670 g/mol. The van der Waals surface area contributed by atoms with E-state index in [9.17, 15) is 26.4 Å². The van der Waals surface area contributed by atoms with Crippen molar-refractivity contribution >= 4 is 44.4 Å². The normalized spacial score (nSPS) is 21.9. The minimum atomic E-state index is -4.82. The molecule has 1 unspecified atom stereocenters. The average molecular weight is 707 g/mol. The fraction of sp³-hybridized carbons (Fsp3) is 0.531. The molecule has 2 saturated heterocycles. The van der Waals surface area contributed by atoms with Gasteiger partial charge in [-0.15, -0.1) is 11.3 Å². The van der Waals surface area contributed by atoms with E-state index in [1.165, 1.54) is 4.90 Å². The number of thiophene rings is 1. The van der Waals surface area contributed by atoms with E-state index in [1.807, 2.05) is 12.1 Å². The van der Waals surface area contributed by atoms with Crippen LogP contribution in [0.25, 0.3) is 10.6 Å². The number of methoxy groups -OCH3 is 1. The van der Waals surface area contributed by atoms with Crippen LogP contribution in [0.15, 0.2) is 35.4 Å². The Kier molecular flexibility index (Phi) is 8.89. The van der Waals surface area contributed by atoms with Gasteiger partial charge in [0.25, 0.3) is 5.91 Å². The Labute approximate surface area is 281 Å². The number of hydrogen-bond donors (Lipinski definition) is 1. The molecule has 1 saturated carbocycles. The van der Waals surface area contributed by atoms with Crippen molar-refractivity contribution in [2.75, 3.05) is 75.6 Å². The molecule has 0 radical (unpaired) electrons. The van der Waals surface area contributed by atoms with Crippen LogP contribution in [-0.2, 0) is 25.5 Å². The van der Waals surface area contributed by atoms with Crippen molar-refractivity contribution in [1.82, 2.24) is 19.8 Å². The zero-order valence-electron chi connectivity index (χ0n) is 26.6. The standard InChI is InChI=1S/C32H37F3N6O5S2/c1-19-16-40(8-7-39(19)9-11-45-2)21-5-6-25(23(13-21)20-3-4-20)37-31-36-15-24(32(33,34)35)28(38-31)26-14-27-29(47-26)30(42)41(22-17-46-18-22)10-12-48(27,43)44/h5-6,13-15,19-20,22H,3-4,7-12,16-18H2,1-2H3,(H,36,37,38). The summed E-state index contributed by atoms with van der Waals surface area (Å²) in [4.78, 5) is 27.5. The molecule has 3 aliphatic heterocycles. The first-order valence-electron chi connectivity index (χ1n) is 16.0. The number of carbonyl (C=O) groups is 1. The first-order valence-corrected chi connectivity index (χ1v) is 18.5. The van der Waals surface area contributed by atoms with Gasteiger partial charge in [-0.3, -0.25) is 9.69 Å². The van der Waals surface area contributed by atoms with E-state index in [1.54, 1.807) is 7.11 Å². The molecule has 258 valence electrons. The second-order valence-electron chi connectivity index (χ2n) is 12.8. The summed E-state index contributed by atoms with van der Waals surface area (Å²) >= 11 is 0.708. The summed E-state index contributed by atoms with van der Waals surface area (Å²) in [6.07, 6.45) is -2.10. The SMILES string of the molecule is COCCN1CCN(c2ccc(Nc3ncc(C(F)(F)F)c(-c4cc5c(s4)C(=O)N(C4COC4)CCS5(=O)=O)n3)c(C3CC3)c2)CC1C. The van der Waals surface area contributed by atoms with Gasteiger partial charge in [-0.25, -0.2) is 18.4 Å². The molecule has 16 heteroatoms. The number of amides is 1. The van der Waals surface area contributed by atoms with Crippen molar-refractivity contribution in [2.45, 2.75) is 48.8 Å². The number of halogens is 3. The van der Waals surface area contributed by atoms with E-state index in [0.717, 1.165) is 56.3 Å². The molecule has 3 aromatic rings. The summed E-state index contributed by atoms with van der Waals surface area (Å²) in [7, 11) is -2.23. The molecule has 5 heterocycles. The molecule has 1 aromatic carbocycles. The Morgan fingerprint density at radius 2 is 1.94 bits per heavy atom. The molecule has 11 nitrogen and oxygen atoms in total. The lowest BCUT2D eigenvalue weighted by Gasteiger charge is -2.41. The van der Waals surface area contributed by atoms with E-state index in [-0.39, 0.29) is 52.2 Å². The minimum absolute atomic E-state index is 0.00691. The quantitative estimate of drug-likeness (QED) is 0.338. The fourth-order valence-electron chi connectivity index (χ4n) is 6.50. The lowest BCUT2D eigenvalue weighted by atomic mass is 10.1. The maximum absolute atomic E-state index is 14.3. The van der Waals surface area contributed by atoms with Crippen molar-refractivity contribution < 1.29 is 35.9 Å². The predicted octanol–water partition coefficient (Wildman–Crippen LogP) is 4.63. The number of rotatable bonds is 9. The summed E-state index contributed by atoms with van der Waals surface area (Å²) in [6, 6.07) is 7.30. The second-order valence-corrected chi connectivity index (χ2v) is 15.9. The summed E-state index contributed by atoms with van der Waals surface area (Å²) in [5.74, 6) is -0.603. The van der Waals surface area contributed by atoms with Crippen LogP contribution in [0.3, 0.4) is 0 Å². The lowest BCUT2D eigenvalue weighted by Crippen LogP contribution is -2.52. The number of aromatic nitrogens is 2. The van der Waals surface area contributed by atoms with Gasteiger partial charge >= 0.3 is 6.18 Å². The molecule has 7 rings (SSSR count). The van der Waals surface area contributed by atoms with Crippen molar-refractivity contribution in [1.29, 1.82) is 0 Å². The van der Waals surface area contributed by atoms with Gasteiger partial charge in [-0.05, 0) is 55.5 Å². The molecule has 2 aromatic heterocycles. The van der Waals surface area contributed by atoms with Crippen LogP contribution in [0.1, 0.15) is 46.5 Å². The number of sulfone groups is 1. The van der Waals surface area contributed by atoms with Crippen molar-refractivity contribution in [3.05, 3.63) is 46.5 Å². The number of carbonyl (C=O) groups excluding carboxylic acids is 1. The van der Waals surface area contributed by atoms with Gasteiger partial charge in [0, 0.05) is 63.4 Å². The van der Waals surface area contributed by atoms with Gasteiger partial charge in [0.15, 0.2) is 9.84 Å². The van der Waals surface area contributed by atoms with E-state index >= 15 is 0 Å². The zero-order valence-corrected chi connectivity index (χ0v) is 28.3. The number of nitrogens with one attached hydrogen (secondary N) is 1. The highest BCUT2D eigenvalue weighted by Gasteiger charge is 2.41. The van der Waals surface area contributed by atoms with Crippen LogP contribution in [0.2, 0.25) is 0 Å². The number of piperazine rings is 1. The molecule has 48 heavy (non-hydrogen) atoms. The monoisotopic (exact) mass is 706 g/mol. The molecule has 1 aliphatic carbocycles. The van der Waals surface area contributed by atoms with Crippen LogP contribution in [0.4, 0.5) is 30.5 Å². The first kappa shape index (κ1) is 33.2. The maximum Gasteiger partial charge on any atom is 0.420 e. The fourth-order valence-corrected chi connectivity index (χ4v) is 9.42. The first-order chi connectivity index (χ1) is 22.9. The molecule has 0 bridgehead atoms. The third-order valence-electron chi connectivity index (χ3n) is 9.49. The Bertz CT molecular complexity index is 1810. The Morgan fingerprint density at radius 1 is 1.15 bits per heavy atom. The second kappa shape index (κ2) is 12.9. The summed E-state index contributed by atoms with van der Waals surface area (Å²) in [5, 5.41) is 3.15. The molecule has 0 spiro atoms. The minimum Gasteiger partial charge on any atom is -0.383 e. The maximum atomic E-state index is 14.3. The zero-order chi connectivity index (χ0) is 33.8. The summed E-state index contributed by atoms with van der Waals surface area (Å²) < 4.78 is 79.7. The van der Waals surface area contributed by atoms with Crippen molar-refractivity contribution in [3.63, 3.8) is 0 Å². The molecule has 1 atom stereocenters. The van der Waals surface area contributed by atoms with Gasteiger partial charge in [0.05, 0.1) is 47.1 Å². The van der Waals surface area contributed by atoms with Crippen LogP contribution < -0.4 is 10.2 Å². The van der Waals surface area contributed by atoms with Crippen LogP contribution in [0.5, 0.6) is 0 Å². The summed E-state index contributed by atoms with van der Waals surface area (Å²) in [6.45, 7) is 6.98. The van der Waals surface area contributed by atoms with E-state index in [0.29, 0.717) is 41.8 Å². The Morgan fingerprint density at radius 3 is 2.60 bits per heavy atom. The van der Waals surface area contributed by atoms with Crippen LogP contribution >= 0.6 is 11.3 Å². The number of alkyl halides is 3. The predicted molar refractivity (Wildman–Crippen MR) is 175 cm³/mol. The highest BCUT2D eigenvalue weighted by molar-refractivity contribution is 7.91. The van der Waals surface area contributed by atoms with E-state index in [4.69, 9.17) is 9.47 Å². The summed E-state index contributed by atoms with van der Waals surface area (Å²) in [5.41, 5.74) is 1.24. The number of fused-ring (bicyclic) bond motifs is 1. The molecular formula is C32H37F3N6O5S2. The number of ether oxygens (including phenoxy) is 2. The average Bonchev–Trinajstić information content (AvgIpc) is 3.78. The lowest BCUT2D eigenvalue weighted by molar-refractivity contribution is -0.137. The largest absolute Gasteiger partial charge is 0.420 e. The van der Waals surface area contributed by atoms with Gasteiger partial charge in [0.1, 0.15) is 10.4 Å². The Balaban J connectivity index is 1.19. The number of nitrogens with zero attached hydrogens (tertiary/aromatic N) is 5. The van der Waals surface area contributed by atoms with Gasteiger partial charge in [-0.2, -0.15) is 13.2 Å². The topological polar surface area (TPSA) is 117 Å². The number of benzene rings is 1. The molecule has 4 aliphatic rings. The Hall–Kier alpha value is -3.31. The molecule has 1 amide bonds. The third-order valence-corrected chi connectivity index (χ3v) is 12.5. The van der Waals surface area contributed by atoms with Crippen molar-refractivity contribution in [2.24, 2.45) is 0 Å². The van der Waals surface area contributed by atoms with Gasteiger partial charge < -0.3 is 24.6 Å². The highest BCUT2D eigenvalue weighted by atomic mass is 32.2. The van der Waals surface area contributed by atoms with Gasteiger partial charge in [0.2, 0.25) is 5.95 Å². The van der Waals surface area contributed by atoms with E-state index in [2.05, 4.69) is 38.1 Å². The molecule has 1 N–H and O–H groups in total. The molecule has 3 fully saturated rings.